The van der Waals surface area contributed by atoms with E-state index >= 15 is 0 Å². The summed E-state index contributed by atoms with van der Waals surface area (Å²) in [6.07, 6.45) is 15.9. The molecule has 2 N–H and O–H groups in total. The summed E-state index contributed by atoms with van der Waals surface area (Å²) in [4.78, 5) is 20.6. The average Bonchev–Trinajstić information content (AvgIpc) is 2.48. The second-order valence-electron chi connectivity index (χ2n) is 5.94. The van der Waals surface area contributed by atoms with Gasteiger partial charge in [-0.25, -0.2) is 0 Å². The lowest BCUT2D eigenvalue weighted by Crippen LogP contribution is -1.93. The number of aliphatic carboxylic acids is 2. The topological polar surface area (TPSA) is 74.6 Å². The molecule has 0 aromatic carbocycles. The van der Waals surface area contributed by atoms with E-state index in [0.717, 1.165) is 38.5 Å². The molecular weight excluding hydrogens is 292 g/mol. The van der Waals surface area contributed by atoms with Gasteiger partial charge in [-0.1, -0.05) is 70.3 Å². The first-order valence-corrected chi connectivity index (χ1v) is 9.05. The van der Waals surface area contributed by atoms with Crippen LogP contribution in [0, 0.1) is 0 Å². The zero-order valence-electron chi connectivity index (χ0n) is 14.9. The predicted octanol–water partition coefficient (Wildman–Crippen LogP) is 5.81. The van der Waals surface area contributed by atoms with Crippen LogP contribution in [0.5, 0.6) is 0 Å². The molecule has 0 spiro atoms. The molecule has 0 rings (SSSR count). The van der Waals surface area contributed by atoms with Crippen molar-refractivity contribution in [2.75, 3.05) is 0 Å². The van der Waals surface area contributed by atoms with Gasteiger partial charge in [0.15, 0.2) is 0 Å². The molecular formula is C19H36O4. The zero-order valence-corrected chi connectivity index (χ0v) is 14.9. The first-order chi connectivity index (χ1) is 11.0. The normalized spacial score (nSPS) is 9.78. The highest BCUT2D eigenvalue weighted by Crippen LogP contribution is 2.12. The number of rotatable bonds is 15. The molecule has 0 atom stereocenters. The Labute approximate surface area is 142 Å². The van der Waals surface area contributed by atoms with Crippen molar-refractivity contribution in [3.63, 3.8) is 0 Å². The highest BCUT2D eigenvalue weighted by molar-refractivity contribution is 5.66. The second-order valence-corrected chi connectivity index (χ2v) is 5.94. The standard InChI is InChI=1S/C16H30O4.C3H6/c17-15(18)13-11-9-7-5-3-1-2-4-6-8-10-12-14-16(19)20;1-3-2/h1-14H2,(H,17,18)(H,19,20);3H,1H2,2H3. The number of hydrogen-bond donors (Lipinski definition) is 2. The molecule has 0 fully saturated rings. The minimum absolute atomic E-state index is 0.307. The maximum absolute atomic E-state index is 10.3. The van der Waals surface area contributed by atoms with Gasteiger partial charge in [0, 0.05) is 12.8 Å². The van der Waals surface area contributed by atoms with Crippen molar-refractivity contribution < 1.29 is 19.8 Å². The van der Waals surface area contributed by atoms with Gasteiger partial charge >= 0.3 is 11.9 Å². The van der Waals surface area contributed by atoms with Gasteiger partial charge in [0.2, 0.25) is 0 Å². The van der Waals surface area contributed by atoms with Gasteiger partial charge in [-0.15, -0.1) is 6.58 Å². The first-order valence-electron chi connectivity index (χ1n) is 9.05. The summed E-state index contributed by atoms with van der Waals surface area (Å²) in [6, 6.07) is 0. The van der Waals surface area contributed by atoms with Crippen molar-refractivity contribution in [1.82, 2.24) is 0 Å². The Bertz CT molecular complexity index is 261. The molecule has 0 amide bonds. The number of hydrogen-bond acceptors (Lipinski definition) is 2. The van der Waals surface area contributed by atoms with Gasteiger partial charge < -0.3 is 10.2 Å². The van der Waals surface area contributed by atoms with Crippen LogP contribution in [0.3, 0.4) is 0 Å². The van der Waals surface area contributed by atoms with Crippen molar-refractivity contribution in [3.05, 3.63) is 12.7 Å². The molecule has 0 saturated carbocycles. The average molecular weight is 328 g/mol. The summed E-state index contributed by atoms with van der Waals surface area (Å²) >= 11 is 0. The maximum atomic E-state index is 10.3. The smallest absolute Gasteiger partial charge is 0.303 e. The summed E-state index contributed by atoms with van der Waals surface area (Å²) in [5.74, 6) is -1.37. The maximum Gasteiger partial charge on any atom is 0.303 e. The van der Waals surface area contributed by atoms with Crippen LogP contribution in [0.15, 0.2) is 12.7 Å². The molecule has 0 heterocycles. The molecule has 0 unspecified atom stereocenters. The van der Waals surface area contributed by atoms with E-state index in [-0.39, 0.29) is 0 Å². The molecule has 0 aliphatic carbocycles. The summed E-state index contributed by atoms with van der Waals surface area (Å²) in [7, 11) is 0. The predicted molar refractivity (Wildman–Crippen MR) is 95.8 cm³/mol. The quantitative estimate of drug-likeness (QED) is 0.294. The minimum Gasteiger partial charge on any atom is -0.481 e. The SMILES string of the molecule is C=CC.O=C(O)CCCCCCCCCCCCCCC(=O)O. The number of carboxylic acid groups (broad SMARTS) is 2. The number of allylic oxidation sites excluding steroid dienone is 1. The third-order valence-electron chi connectivity index (χ3n) is 3.53. The minimum atomic E-state index is -0.687. The number of carbonyl (C=O) groups is 2. The van der Waals surface area contributed by atoms with E-state index in [2.05, 4.69) is 6.58 Å². The summed E-state index contributed by atoms with van der Waals surface area (Å²) in [6.45, 7) is 5.25. The van der Waals surface area contributed by atoms with Crippen molar-refractivity contribution in [1.29, 1.82) is 0 Å². The lowest BCUT2D eigenvalue weighted by molar-refractivity contribution is -0.138. The fourth-order valence-electron chi connectivity index (χ4n) is 2.32. The van der Waals surface area contributed by atoms with E-state index in [1.807, 2.05) is 6.92 Å². The molecule has 136 valence electrons. The molecule has 0 aliphatic heterocycles. The van der Waals surface area contributed by atoms with Crippen LogP contribution in [0.4, 0.5) is 0 Å². The van der Waals surface area contributed by atoms with Crippen LogP contribution < -0.4 is 0 Å². The molecule has 0 aliphatic rings. The third-order valence-corrected chi connectivity index (χ3v) is 3.53. The van der Waals surface area contributed by atoms with Crippen molar-refractivity contribution in [3.8, 4) is 0 Å². The molecule has 0 saturated heterocycles. The van der Waals surface area contributed by atoms with Gasteiger partial charge in [0.05, 0.1) is 0 Å². The Kier molecular flexibility index (Phi) is 21.5. The van der Waals surface area contributed by atoms with Crippen LogP contribution in [0.1, 0.15) is 96.8 Å². The largest absolute Gasteiger partial charge is 0.481 e. The van der Waals surface area contributed by atoms with Crippen LogP contribution in [-0.4, -0.2) is 22.2 Å². The van der Waals surface area contributed by atoms with Gasteiger partial charge in [-0.2, -0.15) is 0 Å². The highest BCUT2D eigenvalue weighted by atomic mass is 16.4. The Morgan fingerprint density at radius 2 is 0.826 bits per heavy atom. The van der Waals surface area contributed by atoms with E-state index in [1.54, 1.807) is 6.08 Å². The molecule has 0 aromatic rings. The van der Waals surface area contributed by atoms with Crippen molar-refractivity contribution in [2.45, 2.75) is 96.8 Å². The number of unbranched alkanes of at least 4 members (excludes halogenated alkanes) is 11. The lowest BCUT2D eigenvalue weighted by Gasteiger charge is -2.02. The molecule has 4 heteroatoms. The van der Waals surface area contributed by atoms with E-state index in [1.165, 1.54) is 38.5 Å². The second kappa shape index (κ2) is 20.7. The van der Waals surface area contributed by atoms with Crippen molar-refractivity contribution >= 4 is 11.9 Å². The first kappa shape index (κ1) is 23.9. The fourth-order valence-corrected chi connectivity index (χ4v) is 2.32. The molecule has 0 aromatic heterocycles. The van der Waals surface area contributed by atoms with Crippen LogP contribution in [-0.2, 0) is 9.59 Å². The Hall–Kier alpha value is -1.32. The van der Waals surface area contributed by atoms with Gasteiger partial charge in [0.25, 0.3) is 0 Å². The van der Waals surface area contributed by atoms with E-state index in [0.29, 0.717) is 12.8 Å². The summed E-state index contributed by atoms with van der Waals surface area (Å²) < 4.78 is 0. The Morgan fingerprint density at radius 1 is 0.652 bits per heavy atom. The van der Waals surface area contributed by atoms with Crippen LogP contribution in [0.2, 0.25) is 0 Å². The van der Waals surface area contributed by atoms with Crippen molar-refractivity contribution in [2.24, 2.45) is 0 Å². The lowest BCUT2D eigenvalue weighted by atomic mass is 10.0. The fraction of sp³-hybridized carbons (Fsp3) is 0.789. The molecule has 4 nitrogen and oxygen atoms in total. The van der Waals surface area contributed by atoms with Crippen LogP contribution >= 0.6 is 0 Å². The van der Waals surface area contributed by atoms with Gasteiger partial charge in [0.1, 0.15) is 0 Å². The molecule has 23 heavy (non-hydrogen) atoms. The highest BCUT2D eigenvalue weighted by Gasteiger charge is 1.98. The van der Waals surface area contributed by atoms with Gasteiger partial charge in [-0.3, -0.25) is 9.59 Å². The monoisotopic (exact) mass is 328 g/mol. The van der Waals surface area contributed by atoms with E-state index in [9.17, 15) is 9.59 Å². The molecule has 0 radical (unpaired) electrons. The van der Waals surface area contributed by atoms with E-state index in [4.69, 9.17) is 10.2 Å². The summed E-state index contributed by atoms with van der Waals surface area (Å²) in [5, 5.41) is 17.0. The van der Waals surface area contributed by atoms with Gasteiger partial charge in [-0.05, 0) is 19.8 Å². The summed E-state index contributed by atoms with van der Waals surface area (Å²) in [5.41, 5.74) is 0. The molecule has 0 bridgehead atoms. The van der Waals surface area contributed by atoms with Crippen LogP contribution in [0.25, 0.3) is 0 Å². The number of carboxylic acids is 2. The Morgan fingerprint density at radius 3 is 1.00 bits per heavy atom. The zero-order chi connectivity index (χ0) is 17.8. The Balaban J connectivity index is 0. The van der Waals surface area contributed by atoms with E-state index < -0.39 is 11.9 Å². The third kappa shape index (κ3) is 29.4.